The number of aryl methyl sites for hydroxylation is 2. The van der Waals surface area contributed by atoms with Crippen molar-refractivity contribution in [2.45, 2.75) is 33.1 Å². The minimum Gasteiger partial charge on any atom is -0.493 e. The minimum absolute atomic E-state index is 0.00907. The van der Waals surface area contributed by atoms with Crippen LogP contribution in [0.5, 0.6) is 17.4 Å². The quantitative estimate of drug-likeness (QED) is 0.194. The van der Waals surface area contributed by atoms with Gasteiger partial charge in [-0.1, -0.05) is 22.8 Å². The van der Waals surface area contributed by atoms with E-state index in [1.165, 1.54) is 6.33 Å². The third-order valence-electron chi connectivity index (χ3n) is 5.11. The van der Waals surface area contributed by atoms with E-state index >= 15 is 0 Å². The van der Waals surface area contributed by atoms with Gasteiger partial charge in [0, 0.05) is 29.5 Å². The minimum atomic E-state index is -0.00907. The Morgan fingerprint density at radius 1 is 1.09 bits per heavy atom. The highest BCUT2D eigenvalue weighted by Gasteiger charge is 2.14. The third-order valence-corrected chi connectivity index (χ3v) is 5.73. The molecule has 0 fully saturated rings. The van der Waals surface area contributed by atoms with E-state index in [0.29, 0.717) is 51.7 Å². The largest absolute Gasteiger partial charge is 0.493 e. The number of ketones is 1. The molecule has 0 saturated carbocycles. The highest BCUT2D eigenvalue weighted by molar-refractivity contribution is 6.31. The van der Waals surface area contributed by atoms with Crippen LogP contribution in [0.15, 0.2) is 47.2 Å². The zero-order chi connectivity index (χ0) is 24.1. The molecule has 4 aromatic rings. The lowest BCUT2D eigenvalue weighted by Crippen LogP contribution is -2.07. The zero-order valence-corrected chi connectivity index (χ0v) is 20.3. The Labute approximate surface area is 207 Å². The number of benzene rings is 2. The van der Waals surface area contributed by atoms with Gasteiger partial charge in [-0.15, -0.1) is 11.6 Å². The first-order valence-corrected chi connectivity index (χ1v) is 11.7. The van der Waals surface area contributed by atoms with E-state index in [4.69, 9.17) is 37.2 Å². The van der Waals surface area contributed by atoms with Crippen molar-refractivity contribution < 1.29 is 18.8 Å². The first-order chi connectivity index (χ1) is 16.4. The number of alkyl halides is 1. The Hall–Kier alpha value is -3.16. The van der Waals surface area contributed by atoms with E-state index in [1.54, 1.807) is 31.2 Å². The van der Waals surface area contributed by atoms with Gasteiger partial charge >= 0.3 is 0 Å². The molecule has 2 aromatic carbocycles. The lowest BCUT2D eigenvalue weighted by molar-refractivity contribution is -0.117. The number of ether oxygens (including phenoxy) is 2. The van der Waals surface area contributed by atoms with Crippen LogP contribution in [0.4, 0.5) is 0 Å². The average molecular weight is 500 g/mol. The summed E-state index contributed by atoms with van der Waals surface area (Å²) in [6.45, 7) is 4.28. The van der Waals surface area contributed by atoms with Crippen molar-refractivity contribution >= 4 is 39.9 Å². The fourth-order valence-electron chi connectivity index (χ4n) is 3.47. The SMILES string of the molecule is Cc1cc(CC(=O)Cc2ccc(Oc3ncnc4cc(OCCCCl)c(C)cc34)cc2Cl)no1. The molecule has 0 spiro atoms. The monoisotopic (exact) mass is 499 g/mol. The fraction of sp³-hybridized carbons (Fsp3) is 0.280. The van der Waals surface area contributed by atoms with E-state index < -0.39 is 0 Å². The topological polar surface area (TPSA) is 87.3 Å². The molecular formula is C25H23Cl2N3O4. The van der Waals surface area contributed by atoms with E-state index in [-0.39, 0.29) is 18.6 Å². The van der Waals surface area contributed by atoms with Crippen LogP contribution in [-0.2, 0) is 17.6 Å². The van der Waals surface area contributed by atoms with Crippen LogP contribution < -0.4 is 9.47 Å². The molecule has 34 heavy (non-hydrogen) atoms. The number of aromatic nitrogens is 3. The second-order valence-corrected chi connectivity index (χ2v) is 8.67. The lowest BCUT2D eigenvalue weighted by Gasteiger charge is -2.12. The second-order valence-electron chi connectivity index (χ2n) is 7.88. The van der Waals surface area contributed by atoms with Crippen LogP contribution in [0, 0.1) is 13.8 Å². The molecule has 0 atom stereocenters. The van der Waals surface area contributed by atoms with Crippen LogP contribution in [0.3, 0.4) is 0 Å². The number of fused-ring (bicyclic) bond motifs is 1. The van der Waals surface area contributed by atoms with Crippen molar-refractivity contribution in [3.63, 3.8) is 0 Å². The molecule has 0 aliphatic carbocycles. The van der Waals surface area contributed by atoms with Crippen LogP contribution in [0.1, 0.15) is 29.0 Å². The normalized spacial score (nSPS) is 11.1. The number of carbonyl (C=O) groups is 1. The van der Waals surface area contributed by atoms with E-state index in [0.717, 1.165) is 23.1 Å². The predicted octanol–water partition coefficient (Wildman–Crippen LogP) is 6.04. The summed E-state index contributed by atoms with van der Waals surface area (Å²) in [5.74, 6) is 2.87. The van der Waals surface area contributed by atoms with Crippen molar-refractivity contribution in [1.29, 1.82) is 0 Å². The van der Waals surface area contributed by atoms with Gasteiger partial charge in [0.15, 0.2) is 0 Å². The van der Waals surface area contributed by atoms with Gasteiger partial charge in [-0.05, 0) is 49.6 Å². The highest BCUT2D eigenvalue weighted by atomic mass is 35.5. The van der Waals surface area contributed by atoms with Crippen molar-refractivity contribution in [1.82, 2.24) is 15.1 Å². The molecule has 176 valence electrons. The molecule has 4 rings (SSSR count). The average Bonchev–Trinajstić information content (AvgIpc) is 3.21. The standard InChI is InChI=1S/C25H23Cl2N3O4/c1-15-8-21-23(13-24(15)32-7-3-6-26)28-14-29-25(21)33-20-5-4-17(22(27)12-20)10-19(31)11-18-9-16(2)34-30-18/h4-5,8-9,12-14H,3,6-7,10-11H2,1-2H3. The molecule has 0 aliphatic rings. The smallest absolute Gasteiger partial charge is 0.230 e. The van der Waals surface area contributed by atoms with Gasteiger partial charge in [-0.2, -0.15) is 0 Å². The first kappa shape index (κ1) is 24.0. The summed E-state index contributed by atoms with van der Waals surface area (Å²) in [5.41, 5.74) is 2.96. The molecule has 0 saturated heterocycles. The van der Waals surface area contributed by atoms with Crippen molar-refractivity contribution in [2.75, 3.05) is 12.5 Å². The van der Waals surface area contributed by atoms with Crippen molar-refractivity contribution in [3.8, 4) is 17.4 Å². The van der Waals surface area contributed by atoms with Gasteiger partial charge in [0.2, 0.25) is 5.88 Å². The number of rotatable bonds is 10. The number of Topliss-reactive ketones (excluding diaryl/α,β-unsaturated/α-hetero) is 1. The Morgan fingerprint density at radius 3 is 2.68 bits per heavy atom. The number of halogens is 2. The van der Waals surface area contributed by atoms with Crippen molar-refractivity contribution in [2.24, 2.45) is 0 Å². The molecule has 0 N–H and O–H groups in total. The van der Waals surface area contributed by atoms with Gasteiger partial charge in [0.1, 0.15) is 29.4 Å². The summed E-state index contributed by atoms with van der Waals surface area (Å²) in [6, 6.07) is 10.8. The molecule has 9 heteroatoms. The van der Waals surface area contributed by atoms with Crippen LogP contribution >= 0.6 is 23.2 Å². The van der Waals surface area contributed by atoms with Gasteiger partial charge in [0.25, 0.3) is 0 Å². The lowest BCUT2D eigenvalue weighted by atomic mass is 10.1. The number of carbonyl (C=O) groups excluding carboxylic acids is 1. The summed E-state index contributed by atoms with van der Waals surface area (Å²) in [6.07, 6.45) is 2.58. The number of nitrogens with zero attached hydrogens (tertiary/aromatic N) is 3. The van der Waals surface area contributed by atoms with Crippen molar-refractivity contribution in [3.05, 3.63) is 70.3 Å². The third kappa shape index (κ3) is 5.85. The Bertz CT molecular complexity index is 1320. The summed E-state index contributed by atoms with van der Waals surface area (Å²) >= 11 is 12.2. The van der Waals surface area contributed by atoms with Gasteiger partial charge in [0.05, 0.1) is 29.6 Å². The van der Waals surface area contributed by atoms with Crippen LogP contribution in [-0.4, -0.2) is 33.4 Å². The van der Waals surface area contributed by atoms with Gasteiger partial charge in [-0.3, -0.25) is 4.79 Å². The highest BCUT2D eigenvalue weighted by Crippen LogP contribution is 2.33. The second kappa shape index (κ2) is 10.8. The Balaban J connectivity index is 1.49. The summed E-state index contributed by atoms with van der Waals surface area (Å²) < 4.78 is 16.8. The molecular weight excluding hydrogens is 477 g/mol. The molecule has 7 nitrogen and oxygen atoms in total. The Kier molecular flexibility index (Phi) is 7.65. The molecule has 2 heterocycles. The number of hydrogen-bond donors (Lipinski definition) is 0. The Morgan fingerprint density at radius 2 is 1.94 bits per heavy atom. The van der Waals surface area contributed by atoms with Crippen LogP contribution in [0.2, 0.25) is 5.02 Å². The summed E-state index contributed by atoms with van der Waals surface area (Å²) in [5, 5.41) is 5.05. The first-order valence-electron chi connectivity index (χ1n) is 10.8. The van der Waals surface area contributed by atoms with Gasteiger partial charge in [-0.25, -0.2) is 9.97 Å². The van der Waals surface area contributed by atoms with E-state index in [1.807, 2.05) is 19.1 Å². The molecule has 0 aliphatic heterocycles. The maximum atomic E-state index is 12.4. The van der Waals surface area contributed by atoms with E-state index in [2.05, 4.69) is 15.1 Å². The van der Waals surface area contributed by atoms with Crippen LogP contribution in [0.25, 0.3) is 10.9 Å². The number of hydrogen-bond acceptors (Lipinski definition) is 7. The predicted molar refractivity (Wildman–Crippen MR) is 130 cm³/mol. The maximum Gasteiger partial charge on any atom is 0.230 e. The van der Waals surface area contributed by atoms with Gasteiger partial charge < -0.3 is 14.0 Å². The summed E-state index contributed by atoms with van der Waals surface area (Å²) in [7, 11) is 0. The molecule has 0 bridgehead atoms. The molecule has 0 radical (unpaired) electrons. The van der Waals surface area contributed by atoms with E-state index in [9.17, 15) is 4.79 Å². The maximum absolute atomic E-state index is 12.4. The molecule has 0 amide bonds. The molecule has 2 aromatic heterocycles. The summed E-state index contributed by atoms with van der Waals surface area (Å²) in [4.78, 5) is 21.0. The fourth-order valence-corrected chi connectivity index (χ4v) is 3.81. The zero-order valence-electron chi connectivity index (χ0n) is 18.8. The molecule has 0 unspecified atom stereocenters.